The van der Waals surface area contributed by atoms with Gasteiger partial charge < -0.3 is 134 Å². The molecule has 5 aromatic rings. The van der Waals surface area contributed by atoms with Gasteiger partial charge in [0.1, 0.15) is 11.5 Å². The molecule has 0 saturated heterocycles. The molecule has 0 fully saturated rings. The van der Waals surface area contributed by atoms with E-state index in [-0.39, 0.29) is 59.6 Å². The molecule has 0 saturated carbocycles. The number of nitrogens with zero attached hydrogens (tertiary/aromatic N) is 2. The molecule has 3 aromatic heterocycles. The molecule has 8 bridgehead atoms. The van der Waals surface area contributed by atoms with Gasteiger partial charge in [0.25, 0.3) is 0 Å². The van der Waals surface area contributed by atoms with E-state index in [1.54, 1.807) is 28.4 Å². The Balaban J connectivity index is 0.00000960. The Hall–Kier alpha value is -5.02. The number of fused-ring (bicyclic) bond motifs is 8. The van der Waals surface area contributed by atoms with Gasteiger partial charge in [-0.1, -0.05) is 102 Å². The first-order chi connectivity index (χ1) is 56.4. The van der Waals surface area contributed by atoms with E-state index < -0.39 is 0 Å². The van der Waals surface area contributed by atoms with E-state index in [9.17, 15) is 0 Å². The van der Waals surface area contributed by atoms with Gasteiger partial charge in [-0.25, -0.2) is 9.97 Å². The topological polar surface area (TPSA) is 251 Å². The molecule has 0 spiro atoms. The van der Waals surface area contributed by atoms with Crippen molar-refractivity contribution in [2.24, 2.45) is 17.8 Å². The van der Waals surface area contributed by atoms with Crippen molar-refractivity contribution in [1.82, 2.24) is 19.9 Å². The quantitative estimate of drug-likeness (QED) is 0.0267. The van der Waals surface area contributed by atoms with Crippen LogP contribution in [0.3, 0.4) is 0 Å². The second-order valence-electron chi connectivity index (χ2n) is 28.2. The Morgan fingerprint density at radius 3 is 0.949 bits per heavy atom. The number of benzene rings is 2. The zero-order valence-electron chi connectivity index (χ0n) is 70.6. The SMILES string of the molecule is CCCCCCCCOc1cc(OCCCCCCCC)cc(-c2c3nc(cc4ccc([nH]4)c(-c4ccc(COCC(COCC(COCCOCCOCCOC)COCCOCCOCCOC)COCC(COCCOCCOCCOC)COCCOCCOCCOC)cc4)c4nc(cc5ccc2[nH]5)C=C4)C=C3)c1.[Cl-].[Cl-].[Mn+2]. The van der Waals surface area contributed by atoms with Crippen LogP contribution in [0.1, 0.15) is 119 Å². The van der Waals surface area contributed by atoms with Gasteiger partial charge in [-0.15, -0.1) is 0 Å². The fraction of sp³-hybridized carbons (Fsp3) is 0.640. The van der Waals surface area contributed by atoms with Gasteiger partial charge in [0, 0.05) is 85.5 Å². The molecule has 659 valence electrons. The largest absolute Gasteiger partial charge is 2.00 e. The second-order valence-corrected chi connectivity index (χ2v) is 28.2. The van der Waals surface area contributed by atoms with Gasteiger partial charge in [-0.3, -0.25) is 0 Å². The molecule has 2 aliphatic heterocycles. The maximum Gasteiger partial charge on any atom is 2.00 e. The Labute approximate surface area is 719 Å². The first-order valence-corrected chi connectivity index (χ1v) is 41.6. The summed E-state index contributed by atoms with van der Waals surface area (Å²) in [6.45, 7) is 20.7. The Bertz CT molecular complexity index is 3340. The average molecular weight is 1720 g/mol. The van der Waals surface area contributed by atoms with Gasteiger partial charge in [-0.2, -0.15) is 0 Å². The minimum Gasteiger partial charge on any atom is -1.00 e. The van der Waals surface area contributed by atoms with Crippen LogP contribution in [0.5, 0.6) is 11.5 Å². The summed E-state index contributed by atoms with van der Waals surface area (Å²) < 4.78 is 123. The smallest absolute Gasteiger partial charge is 1.00 e. The van der Waals surface area contributed by atoms with Crippen LogP contribution in [0.15, 0.2) is 78.9 Å². The van der Waals surface area contributed by atoms with Gasteiger partial charge in [0.05, 0.1) is 261 Å². The van der Waals surface area contributed by atoms with Crippen LogP contribution in [-0.2, 0) is 114 Å². The van der Waals surface area contributed by atoms with Crippen molar-refractivity contribution in [1.29, 1.82) is 0 Å². The average Bonchev–Trinajstić information content (AvgIpc) is 1.78. The summed E-state index contributed by atoms with van der Waals surface area (Å²) in [4.78, 5) is 18.1. The molecule has 5 heterocycles. The minimum absolute atomic E-state index is 0. The van der Waals surface area contributed by atoms with Gasteiger partial charge in [0.15, 0.2) is 0 Å². The van der Waals surface area contributed by atoms with Crippen molar-refractivity contribution in [2.45, 2.75) is 97.5 Å². The van der Waals surface area contributed by atoms with Crippen molar-refractivity contribution in [3.63, 3.8) is 0 Å². The molecule has 2 aromatic carbocycles. The summed E-state index contributed by atoms with van der Waals surface area (Å²) in [5, 5.41) is 0. The predicted octanol–water partition coefficient (Wildman–Crippen LogP) is 8.66. The number of unbranched alkanes of at least 4 members (excludes halogenated alkanes) is 10. The zero-order valence-corrected chi connectivity index (χ0v) is 73.3. The van der Waals surface area contributed by atoms with Crippen LogP contribution in [0, 0.1) is 17.8 Å². The van der Waals surface area contributed by atoms with Crippen molar-refractivity contribution in [3.05, 3.63) is 107 Å². The Kier molecular flexibility index (Phi) is 62.0. The first kappa shape index (κ1) is 104. The molecule has 28 heteroatoms. The van der Waals surface area contributed by atoms with E-state index in [1.165, 1.54) is 51.4 Å². The van der Waals surface area contributed by atoms with E-state index >= 15 is 0 Å². The van der Waals surface area contributed by atoms with Crippen LogP contribution < -0.4 is 34.3 Å². The molecular formula is C89H136Cl2MnN4O21. The predicted molar refractivity (Wildman–Crippen MR) is 447 cm³/mol. The number of nitrogens with one attached hydrogen (secondary N) is 2. The molecule has 2 aliphatic rings. The molecule has 2 N–H and O–H groups in total. The molecule has 7 rings (SSSR count). The van der Waals surface area contributed by atoms with E-state index in [1.807, 2.05) is 6.07 Å². The molecule has 117 heavy (non-hydrogen) atoms. The number of H-pyrrole nitrogens is 2. The molecule has 0 amide bonds. The van der Waals surface area contributed by atoms with E-state index in [4.69, 9.17) is 109 Å². The minimum atomic E-state index is -0.160. The molecule has 0 aliphatic carbocycles. The number of hydrogen-bond acceptors (Lipinski definition) is 23. The van der Waals surface area contributed by atoms with Crippen molar-refractivity contribution in [2.75, 3.05) is 260 Å². The van der Waals surface area contributed by atoms with E-state index in [0.29, 0.717) is 238 Å². The summed E-state index contributed by atoms with van der Waals surface area (Å²) in [7, 11) is 6.60. The van der Waals surface area contributed by atoms with Gasteiger partial charge in [0.2, 0.25) is 0 Å². The Morgan fingerprint density at radius 1 is 0.291 bits per heavy atom. The Morgan fingerprint density at radius 2 is 0.598 bits per heavy atom. The number of halogens is 2. The number of methoxy groups -OCH3 is 4. The second kappa shape index (κ2) is 69.5. The monoisotopic (exact) mass is 1720 g/mol. The van der Waals surface area contributed by atoms with Crippen LogP contribution in [0.2, 0.25) is 0 Å². The number of ether oxygens (including phenoxy) is 21. The van der Waals surface area contributed by atoms with Crippen LogP contribution >= 0.6 is 0 Å². The molecular weight excluding hydrogens is 1590 g/mol. The van der Waals surface area contributed by atoms with E-state index in [0.717, 1.165) is 110 Å². The standard InChI is InChI=1S/C89H136N4O21.2ClH.Mn/c1-7-9-11-13-15-17-31-113-82-57-77(58-83(61-82)114-32-18-16-14-12-10-8-2)89-86-29-25-80(92-86)59-78-23-27-84(90-78)88(85-28-24-79(91-85)60-81-26-30-87(89)93-81)76-21-19-72(20-22-76)62-110-69-75(70-111-67-73(63-106-53-49-102-45-41-98-37-33-94-3)64-107-54-50-103-46-42-99-38-34-95-4)71-112-68-74(65-108-55-51-104-47-43-100-39-35-96-5)66-109-56-52-105-48-44-101-40-36-97-6;;;/h19-30,57-61,73-75,90,93H,7-18,31-56,62-71H2,1-6H3;2*1H;/q;;;+2/p-2. The molecule has 0 unspecified atom stereocenters. The summed E-state index contributed by atoms with van der Waals surface area (Å²) in [6, 6.07) is 27.5. The fourth-order valence-electron chi connectivity index (χ4n) is 12.4. The van der Waals surface area contributed by atoms with Crippen molar-refractivity contribution >= 4 is 46.4 Å². The van der Waals surface area contributed by atoms with Crippen molar-refractivity contribution in [3.8, 4) is 33.8 Å². The van der Waals surface area contributed by atoms with Crippen LogP contribution in [0.25, 0.3) is 68.6 Å². The summed E-state index contributed by atoms with van der Waals surface area (Å²) in [5.74, 6) is 1.24. The maximum absolute atomic E-state index is 6.61. The maximum atomic E-state index is 6.61. The number of aromatic nitrogens is 4. The van der Waals surface area contributed by atoms with E-state index in [2.05, 4.69) is 121 Å². The third kappa shape index (κ3) is 46.2. The van der Waals surface area contributed by atoms with Crippen molar-refractivity contribution < 1.29 is 141 Å². The third-order valence-corrected chi connectivity index (χ3v) is 18.5. The first-order valence-electron chi connectivity index (χ1n) is 41.6. The van der Waals surface area contributed by atoms with Gasteiger partial charge >= 0.3 is 17.1 Å². The number of hydrogen-bond donors (Lipinski definition) is 2. The fourth-order valence-corrected chi connectivity index (χ4v) is 12.4. The molecule has 0 atom stereocenters. The summed E-state index contributed by atoms with van der Waals surface area (Å²) in [5.41, 5.74) is 11.8. The summed E-state index contributed by atoms with van der Waals surface area (Å²) >= 11 is 0. The summed E-state index contributed by atoms with van der Waals surface area (Å²) in [6.07, 6.45) is 22.6. The number of aromatic amines is 2. The third-order valence-electron chi connectivity index (χ3n) is 18.5. The van der Waals surface area contributed by atoms with Gasteiger partial charge in [-0.05, 0) is 102 Å². The zero-order chi connectivity index (χ0) is 80.0. The van der Waals surface area contributed by atoms with Crippen LogP contribution in [0.4, 0.5) is 0 Å². The molecule has 25 nitrogen and oxygen atoms in total. The van der Waals surface area contributed by atoms with Crippen LogP contribution in [-0.4, -0.2) is 280 Å². The molecule has 1 radical (unpaired) electrons. The number of rotatable bonds is 74. The normalized spacial score (nSPS) is 11.9.